The minimum Gasteiger partial charge on any atom is -0.474 e. The highest BCUT2D eigenvalue weighted by molar-refractivity contribution is 6.30. The third-order valence-corrected chi connectivity index (χ3v) is 3.67. The van der Waals surface area contributed by atoms with E-state index in [0.29, 0.717) is 0 Å². The Labute approximate surface area is 158 Å². The molecule has 0 saturated carbocycles. The van der Waals surface area contributed by atoms with Crippen molar-refractivity contribution >= 4 is 34.9 Å². The van der Waals surface area contributed by atoms with Crippen LogP contribution in [0.4, 0.5) is 15.8 Å². The molecule has 2 rings (SSSR count). The highest BCUT2D eigenvalue weighted by Crippen LogP contribution is 2.29. The zero-order valence-corrected chi connectivity index (χ0v) is 15.0. The first-order valence-corrected chi connectivity index (χ1v) is 7.90. The van der Waals surface area contributed by atoms with E-state index in [1.54, 1.807) is 0 Å². The van der Waals surface area contributed by atoms with Gasteiger partial charge < -0.3 is 14.8 Å². The van der Waals surface area contributed by atoms with Crippen LogP contribution < -0.4 is 10.1 Å². The summed E-state index contributed by atoms with van der Waals surface area (Å²) in [5.74, 6) is -2.46. The van der Waals surface area contributed by atoms with Crippen LogP contribution in [0.5, 0.6) is 5.75 Å². The minimum atomic E-state index is -1.19. The summed E-state index contributed by atoms with van der Waals surface area (Å²) in [5, 5.41) is 13.7. The van der Waals surface area contributed by atoms with Gasteiger partial charge in [0.25, 0.3) is 5.91 Å². The van der Waals surface area contributed by atoms with E-state index in [4.69, 9.17) is 16.3 Å². The fraction of sp³-hybridized carbons (Fsp3) is 0.176. The molecule has 0 aliphatic heterocycles. The van der Waals surface area contributed by atoms with E-state index >= 15 is 0 Å². The quantitative estimate of drug-likeness (QED) is 0.454. The number of benzene rings is 2. The number of rotatable bonds is 6. The van der Waals surface area contributed by atoms with Crippen LogP contribution in [0, 0.1) is 15.9 Å². The van der Waals surface area contributed by atoms with Gasteiger partial charge in [-0.05, 0) is 37.3 Å². The predicted molar refractivity (Wildman–Crippen MR) is 94.6 cm³/mol. The minimum absolute atomic E-state index is 0.0445. The number of carbonyl (C=O) groups excluding carboxylic acids is 2. The van der Waals surface area contributed by atoms with Crippen molar-refractivity contribution in [2.45, 2.75) is 13.0 Å². The lowest BCUT2D eigenvalue weighted by atomic mass is 10.2. The molecular formula is C17H14ClFN2O6. The lowest BCUT2D eigenvalue weighted by Crippen LogP contribution is -2.30. The van der Waals surface area contributed by atoms with Gasteiger partial charge in [0.1, 0.15) is 5.82 Å². The summed E-state index contributed by atoms with van der Waals surface area (Å²) in [6.45, 7) is 1.33. The molecule has 1 N–H and O–H groups in total. The number of anilines is 1. The van der Waals surface area contributed by atoms with E-state index in [1.165, 1.54) is 31.2 Å². The summed E-state index contributed by atoms with van der Waals surface area (Å²) < 4.78 is 23.6. The van der Waals surface area contributed by atoms with E-state index in [9.17, 15) is 24.1 Å². The first-order valence-electron chi connectivity index (χ1n) is 7.52. The van der Waals surface area contributed by atoms with E-state index in [2.05, 4.69) is 10.1 Å². The van der Waals surface area contributed by atoms with Gasteiger partial charge in [-0.25, -0.2) is 9.18 Å². The van der Waals surface area contributed by atoms with Crippen LogP contribution in [0.15, 0.2) is 36.4 Å². The Morgan fingerprint density at radius 2 is 1.96 bits per heavy atom. The number of esters is 1. The van der Waals surface area contributed by atoms with Gasteiger partial charge in [0, 0.05) is 11.1 Å². The smallest absolute Gasteiger partial charge is 0.338 e. The summed E-state index contributed by atoms with van der Waals surface area (Å²) in [4.78, 5) is 34.1. The van der Waals surface area contributed by atoms with Gasteiger partial charge in [-0.3, -0.25) is 14.9 Å². The third-order valence-electron chi connectivity index (χ3n) is 3.44. The summed E-state index contributed by atoms with van der Waals surface area (Å²) >= 11 is 5.64. The van der Waals surface area contributed by atoms with Gasteiger partial charge in [-0.1, -0.05) is 11.6 Å². The zero-order chi connectivity index (χ0) is 20.1. The fourth-order valence-electron chi connectivity index (χ4n) is 2.07. The summed E-state index contributed by atoms with van der Waals surface area (Å²) in [7, 11) is 1.14. The number of hydrogen-bond donors (Lipinski definition) is 1. The van der Waals surface area contributed by atoms with Gasteiger partial charge in [0.05, 0.1) is 23.3 Å². The Balaban J connectivity index is 2.18. The lowest BCUT2D eigenvalue weighted by molar-refractivity contribution is -0.386. The normalized spacial score (nSPS) is 11.4. The topological polar surface area (TPSA) is 108 Å². The molecule has 0 spiro atoms. The Morgan fingerprint density at radius 3 is 2.56 bits per heavy atom. The third kappa shape index (κ3) is 4.91. The van der Waals surface area contributed by atoms with E-state index in [-0.39, 0.29) is 22.0 Å². The number of nitrogens with zero attached hydrogens (tertiary/aromatic N) is 1. The predicted octanol–water partition coefficient (Wildman–Crippen LogP) is 3.58. The fourth-order valence-corrected chi connectivity index (χ4v) is 2.23. The average Bonchev–Trinajstić information content (AvgIpc) is 2.63. The second-order valence-corrected chi connectivity index (χ2v) is 5.74. The molecule has 0 saturated heterocycles. The number of carbonyl (C=O) groups is 2. The first-order chi connectivity index (χ1) is 12.7. The van der Waals surface area contributed by atoms with E-state index in [0.717, 1.165) is 19.2 Å². The molecule has 8 nitrogen and oxygen atoms in total. The molecule has 0 radical (unpaired) electrons. The van der Waals surface area contributed by atoms with Crippen LogP contribution in [0.1, 0.15) is 17.3 Å². The largest absolute Gasteiger partial charge is 0.474 e. The lowest BCUT2D eigenvalue weighted by Gasteiger charge is -2.15. The van der Waals surface area contributed by atoms with Crippen LogP contribution in [0.2, 0.25) is 5.02 Å². The molecule has 0 heterocycles. The second-order valence-electron chi connectivity index (χ2n) is 5.30. The monoisotopic (exact) mass is 396 g/mol. The van der Waals surface area contributed by atoms with Gasteiger partial charge in [-0.15, -0.1) is 0 Å². The molecule has 0 aromatic heterocycles. The van der Waals surface area contributed by atoms with Crippen molar-refractivity contribution in [3.05, 3.63) is 62.9 Å². The number of ether oxygens (including phenoxy) is 2. The Hall–Kier alpha value is -3.20. The molecule has 2 aromatic rings. The maximum Gasteiger partial charge on any atom is 0.338 e. The van der Waals surface area contributed by atoms with Crippen molar-refractivity contribution in [1.29, 1.82) is 0 Å². The maximum atomic E-state index is 13.8. The SMILES string of the molecule is COC(=O)c1ccc(O[C@@H](C)C(=O)Nc2ccc(Cl)cc2F)c([N+](=O)[O-])c1. The van der Waals surface area contributed by atoms with Crippen molar-refractivity contribution in [3.63, 3.8) is 0 Å². The number of nitro benzene ring substituents is 1. The van der Waals surface area contributed by atoms with Gasteiger partial charge >= 0.3 is 11.7 Å². The number of amides is 1. The second kappa shape index (κ2) is 8.45. The highest BCUT2D eigenvalue weighted by atomic mass is 35.5. The summed E-state index contributed by atoms with van der Waals surface area (Å²) in [6, 6.07) is 7.11. The molecule has 142 valence electrons. The van der Waals surface area contributed by atoms with Crippen molar-refractivity contribution in [1.82, 2.24) is 0 Å². The van der Waals surface area contributed by atoms with Crippen molar-refractivity contribution < 1.29 is 28.4 Å². The van der Waals surface area contributed by atoms with Crippen LogP contribution in [-0.4, -0.2) is 30.0 Å². The number of methoxy groups -OCH3 is 1. The first kappa shape index (κ1) is 20.1. The highest BCUT2D eigenvalue weighted by Gasteiger charge is 2.24. The van der Waals surface area contributed by atoms with Gasteiger partial charge in [0.2, 0.25) is 0 Å². The standard InChI is InChI=1S/C17H14ClFN2O6/c1-9(16(22)20-13-5-4-11(18)8-12(13)19)27-15-6-3-10(17(23)26-2)7-14(15)21(24)25/h3-9H,1-2H3,(H,20,22)/t9-/m0/s1. The molecular weight excluding hydrogens is 383 g/mol. The molecule has 0 unspecified atom stereocenters. The molecule has 0 aliphatic carbocycles. The van der Waals surface area contributed by atoms with Gasteiger partial charge in [-0.2, -0.15) is 0 Å². The molecule has 27 heavy (non-hydrogen) atoms. The van der Waals surface area contributed by atoms with Crippen LogP contribution in [0.25, 0.3) is 0 Å². The van der Waals surface area contributed by atoms with Crippen LogP contribution >= 0.6 is 11.6 Å². The number of nitrogens with one attached hydrogen (secondary N) is 1. The van der Waals surface area contributed by atoms with Crippen molar-refractivity contribution in [3.8, 4) is 5.75 Å². The van der Waals surface area contributed by atoms with Crippen molar-refractivity contribution in [2.24, 2.45) is 0 Å². The molecule has 0 aliphatic rings. The van der Waals surface area contributed by atoms with E-state index < -0.39 is 34.4 Å². The summed E-state index contributed by atoms with van der Waals surface area (Å²) in [6.07, 6.45) is -1.19. The molecule has 2 aromatic carbocycles. The van der Waals surface area contributed by atoms with E-state index in [1.807, 2.05) is 0 Å². The maximum absolute atomic E-state index is 13.8. The van der Waals surface area contributed by atoms with Crippen LogP contribution in [-0.2, 0) is 9.53 Å². The molecule has 10 heteroatoms. The Kier molecular flexibility index (Phi) is 6.30. The number of nitro groups is 1. The average molecular weight is 397 g/mol. The Morgan fingerprint density at radius 1 is 1.26 bits per heavy atom. The van der Waals surface area contributed by atoms with Gasteiger partial charge in [0.15, 0.2) is 11.9 Å². The number of halogens is 2. The van der Waals surface area contributed by atoms with Crippen molar-refractivity contribution in [2.75, 3.05) is 12.4 Å². The molecule has 0 bridgehead atoms. The molecule has 0 fully saturated rings. The number of hydrogen-bond acceptors (Lipinski definition) is 6. The summed E-state index contributed by atoms with van der Waals surface area (Å²) in [5.41, 5.74) is -0.678. The zero-order valence-electron chi connectivity index (χ0n) is 14.2. The Bertz CT molecular complexity index is 905. The van der Waals surface area contributed by atoms with Crippen LogP contribution in [0.3, 0.4) is 0 Å². The molecule has 1 amide bonds. The molecule has 1 atom stereocenters.